The molecule has 0 saturated carbocycles. The maximum Gasteiger partial charge on any atom is 0.264 e. The molecule has 0 atom stereocenters. The first-order chi connectivity index (χ1) is 12.0. The number of H-pyrrole nitrogens is 1. The highest BCUT2D eigenvalue weighted by atomic mass is 35.5. The summed E-state index contributed by atoms with van der Waals surface area (Å²) >= 11 is 5.93. The number of halogens is 1. The van der Waals surface area contributed by atoms with Crippen molar-refractivity contribution in [2.45, 2.75) is 4.90 Å². The minimum absolute atomic E-state index is 0.0968. The Morgan fingerprint density at radius 2 is 1.96 bits per heavy atom. The molecule has 0 aliphatic heterocycles. The van der Waals surface area contributed by atoms with Crippen molar-refractivity contribution in [3.8, 4) is 5.75 Å². The third-order valence-corrected chi connectivity index (χ3v) is 5.36. The van der Waals surface area contributed by atoms with E-state index >= 15 is 0 Å². The normalized spacial score (nSPS) is 11.9. The second kappa shape index (κ2) is 5.64. The first-order valence-corrected chi connectivity index (χ1v) is 8.94. The summed E-state index contributed by atoms with van der Waals surface area (Å²) in [6.07, 6.45) is 1.41. The van der Waals surface area contributed by atoms with E-state index in [1.54, 1.807) is 24.3 Å². The highest BCUT2D eigenvalue weighted by Gasteiger charge is 2.22. The van der Waals surface area contributed by atoms with Gasteiger partial charge in [-0.25, -0.2) is 13.0 Å². The molecule has 128 valence electrons. The molecular formula is C15H11ClN4O4S. The number of sulfonamides is 1. The zero-order valence-electron chi connectivity index (χ0n) is 12.8. The van der Waals surface area contributed by atoms with Gasteiger partial charge in [0.05, 0.1) is 12.8 Å². The van der Waals surface area contributed by atoms with Gasteiger partial charge < -0.3 is 9.72 Å². The Bertz CT molecular complexity index is 1200. The fraction of sp³-hybridized carbons (Fsp3) is 0.0667. The summed E-state index contributed by atoms with van der Waals surface area (Å²) in [4.78, 5) is 3.00. The van der Waals surface area contributed by atoms with Crippen molar-refractivity contribution < 1.29 is 17.8 Å². The third-order valence-electron chi connectivity index (χ3n) is 3.71. The Balaban J connectivity index is 1.80. The van der Waals surface area contributed by atoms with Crippen molar-refractivity contribution in [2.75, 3.05) is 11.8 Å². The van der Waals surface area contributed by atoms with E-state index in [9.17, 15) is 8.42 Å². The molecule has 0 spiro atoms. The van der Waals surface area contributed by atoms with Gasteiger partial charge in [0.2, 0.25) is 0 Å². The molecular weight excluding hydrogens is 368 g/mol. The molecule has 2 N–H and O–H groups in total. The first kappa shape index (κ1) is 15.7. The molecule has 2 aromatic heterocycles. The predicted molar refractivity (Wildman–Crippen MR) is 92.5 cm³/mol. The summed E-state index contributed by atoms with van der Waals surface area (Å²) in [6, 6.07) is 7.96. The van der Waals surface area contributed by atoms with Crippen LogP contribution in [-0.4, -0.2) is 30.8 Å². The van der Waals surface area contributed by atoms with Crippen LogP contribution in [0.2, 0.25) is 5.02 Å². The van der Waals surface area contributed by atoms with E-state index < -0.39 is 10.0 Å². The number of hydrogen-bond acceptors (Lipinski definition) is 6. The summed E-state index contributed by atoms with van der Waals surface area (Å²) in [5.74, 6) is 0.301. The van der Waals surface area contributed by atoms with Gasteiger partial charge in [-0.2, -0.15) is 0 Å². The molecule has 0 amide bonds. The summed E-state index contributed by atoms with van der Waals surface area (Å²) < 4.78 is 38.0. The number of aromatic nitrogens is 3. The Hall–Kier alpha value is -2.78. The smallest absolute Gasteiger partial charge is 0.264 e. The zero-order valence-corrected chi connectivity index (χ0v) is 14.4. The van der Waals surface area contributed by atoms with Crippen LogP contribution in [0.25, 0.3) is 21.9 Å². The van der Waals surface area contributed by atoms with E-state index in [-0.39, 0.29) is 10.6 Å². The Kier molecular flexibility index (Phi) is 3.55. The van der Waals surface area contributed by atoms with E-state index in [0.29, 0.717) is 32.7 Å². The number of nitrogens with one attached hydrogen (secondary N) is 2. The molecule has 8 nitrogen and oxygen atoms in total. The topological polar surface area (TPSA) is 110 Å². The largest absolute Gasteiger partial charge is 0.494 e. The molecule has 0 unspecified atom stereocenters. The molecule has 0 radical (unpaired) electrons. The van der Waals surface area contributed by atoms with Crippen LogP contribution in [0, 0.1) is 0 Å². The lowest BCUT2D eigenvalue weighted by atomic mass is 10.2. The van der Waals surface area contributed by atoms with Crippen molar-refractivity contribution in [2.24, 2.45) is 0 Å². The van der Waals surface area contributed by atoms with Crippen LogP contribution in [0.3, 0.4) is 0 Å². The second-order valence-electron chi connectivity index (χ2n) is 5.25. The predicted octanol–water partition coefficient (Wildman–Crippen LogP) is 3.17. The molecule has 10 heteroatoms. The van der Waals surface area contributed by atoms with Crippen LogP contribution in [0.4, 0.5) is 5.69 Å². The van der Waals surface area contributed by atoms with Gasteiger partial charge in [0.25, 0.3) is 10.0 Å². The molecule has 2 aromatic carbocycles. The van der Waals surface area contributed by atoms with Gasteiger partial charge in [-0.3, -0.25) is 4.72 Å². The standard InChI is InChI=1S/C15H11ClN4O4S/c1-23-14-6-12-11(18-24-19-12)5-13(14)20-25(21,22)15-7-17-10-4-8(16)2-3-9(10)15/h2-7,17,20H,1H3. The van der Waals surface area contributed by atoms with E-state index in [2.05, 4.69) is 24.6 Å². The Morgan fingerprint density at radius 1 is 1.20 bits per heavy atom. The van der Waals surface area contributed by atoms with Gasteiger partial charge in [-0.15, -0.1) is 0 Å². The number of hydrogen-bond donors (Lipinski definition) is 2. The molecule has 4 rings (SSSR count). The van der Waals surface area contributed by atoms with E-state index in [1.807, 2.05) is 0 Å². The number of benzene rings is 2. The molecule has 0 aliphatic rings. The quantitative estimate of drug-likeness (QED) is 0.564. The lowest BCUT2D eigenvalue weighted by molar-refractivity contribution is 0.315. The van der Waals surface area contributed by atoms with Crippen LogP contribution >= 0.6 is 11.6 Å². The average molecular weight is 379 g/mol. The lowest BCUT2D eigenvalue weighted by Crippen LogP contribution is -2.13. The van der Waals surface area contributed by atoms with Crippen LogP contribution < -0.4 is 9.46 Å². The average Bonchev–Trinajstić information content (AvgIpc) is 3.19. The number of anilines is 1. The number of methoxy groups -OCH3 is 1. The fourth-order valence-electron chi connectivity index (χ4n) is 2.55. The molecule has 0 bridgehead atoms. The van der Waals surface area contributed by atoms with Crippen molar-refractivity contribution >= 4 is 49.2 Å². The van der Waals surface area contributed by atoms with Crippen molar-refractivity contribution in [1.82, 2.24) is 15.3 Å². The lowest BCUT2D eigenvalue weighted by Gasteiger charge is -2.11. The van der Waals surface area contributed by atoms with Crippen molar-refractivity contribution in [1.29, 1.82) is 0 Å². The van der Waals surface area contributed by atoms with Crippen LogP contribution in [-0.2, 0) is 10.0 Å². The molecule has 0 aliphatic carbocycles. The minimum atomic E-state index is -3.88. The van der Waals surface area contributed by atoms with Gasteiger partial charge in [0.1, 0.15) is 21.7 Å². The SMILES string of the molecule is COc1cc2nonc2cc1NS(=O)(=O)c1c[nH]c2cc(Cl)ccc12. The number of fused-ring (bicyclic) bond motifs is 2. The molecule has 2 heterocycles. The van der Waals surface area contributed by atoms with Crippen LogP contribution in [0.5, 0.6) is 5.75 Å². The second-order valence-corrected chi connectivity index (χ2v) is 7.34. The summed E-state index contributed by atoms with van der Waals surface area (Å²) in [6.45, 7) is 0. The van der Waals surface area contributed by atoms with Crippen LogP contribution in [0.15, 0.2) is 46.1 Å². The number of rotatable bonds is 4. The Labute approximate surface area is 146 Å². The number of aromatic amines is 1. The minimum Gasteiger partial charge on any atom is -0.494 e. The van der Waals surface area contributed by atoms with Crippen LogP contribution in [0.1, 0.15) is 0 Å². The fourth-order valence-corrected chi connectivity index (χ4v) is 3.97. The molecule has 25 heavy (non-hydrogen) atoms. The number of nitrogens with zero attached hydrogens (tertiary/aromatic N) is 2. The molecule has 0 saturated heterocycles. The van der Waals surface area contributed by atoms with Gasteiger partial charge in [0, 0.05) is 28.2 Å². The summed E-state index contributed by atoms with van der Waals surface area (Å²) in [5, 5.41) is 8.45. The molecule has 4 aromatic rings. The summed E-state index contributed by atoms with van der Waals surface area (Å²) in [7, 11) is -2.45. The molecule has 0 fully saturated rings. The monoisotopic (exact) mass is 378 g/mol. The zero-order chi connectivity index (χ0) is 17.6. The van der Waals surface area contributed by atoms with Gasteiger partial charge in [0.15, 0.2) is 0 Å². The third kappa shape index (κ3) is 2.67. The van der Waals surface area contributed by atoms with Gasteiger partial charge >= 0.3 is 0 Å². The van der Waals surface area contributed by atoms with E-state index in [1.165, 1.54) is 19.4 Å². The highest BCUT2D eigenvalue weighted by molar-refractivity contribution is 7.93. The maximum absolute atomic E-state index is 12.8. The number of ether oxygens (including phenoxy) is 1. The van der Waals surface area contributed by atoms with Gasteiger partial charge in [-0.1, -0.05) is 11.6 Å². The summed E-state index contributed by atoms with van der Waals surface area (Å²) in [5.41, 5.74) is 1.72. The van der Waals surface area contributed by atoms with E-state index in [4.69, 9.17) is 16.3 Å². The van der Waals surface area contributed by atoms with Crippen molar-refractivity contribution in [3.63, 3.8) is 0 Å². The maximum atomic E-state index is 12.8. The van der Waals surface area contributed by atoms with E-state index in [0.717, 1.165) is 0 Å². The van der Waals surface area contributed by atoms with Gasteiger partial charge in [-0.05, 0) is 34.6 Å². The Morgan fingerprint density at radius 3 is 2.72 bits per heavy atom. The van der Waals surface area contributed by atoms with Crippen molar-refractivity contribution in [3.05, 3.63) is 41.6 Å². The highest BCUT2D eigenvalue weighted by Crippen LogP contribution is 2.32. The first-order valence-electron chi connectivity index (χ1n) is 7.08.